The molecule has 7 heteroatoms. The first-order chi connectivity index (χ1) is 7.60. The van der Waals surface area contributed by atoms with E-state index in [1.807, 2.05) is 0 Å². The molecule has 16 heavy (non-hydrogen) atoms. The molecule has 90 valence electrons. The Morgan fingerprint density at radius 3 is 2.25 bits per heavy atom. The van der Waals surface area contributed by atoms with Crippen LogP contribution in [-0.4, -0.2) is 45.4 Å². The number of rotatable bonds is 5. The van der Waals surface area contributed by atoms with Crippen LogP contribution < -0.4 is 5.32 Å². The fourth-order valence-electron chi connectivity index (χ4n) is 0.629. The Balaban J connectivity index is 3.62. The van der Waals surface area contributed by atoms with Gasteiger partial charge in [-0.1, -0.05) is 0 Å². The molecule has 0 aliphatic carbocycles. The lowest BCUT2D eigenvalue weighted by Gasteiger charge is -2.03. The third-order valence-electron chi connectivity index (χ3n) is 1.36. The summed E-state index contributed by atoms with van der Waals surface area (Å²) >= 11 is 0. The highest BCUT2D eigenvalue weighted by molar-refractivity contribution is 5.91. The van der Waals surface area contributed by atoms with Gasteiger partial charge in [0.1, 0.15) is 6.61 Å². The Morgan fingerprint density at radius 1 is 1.06 bits per heavy atom. The van der Waals surface area contributed by atoms with E-state index in [-0.39, 0.29) is 13.2 Å². The second-order valence-corrected chi connectivity index (χ2v) is 2.44. The minimum Gasteiger partial charge on any atom is -0.466 e. The normalized spacial score (nSPS) is 9.62. The Kier molecular flexibility index (Phi) is 7.21. The average Bonchev–Trinajstić information content (AvgIpc) is 2.31. The molecule has 0 unspecified atom stereocenters. The number of hydrogen-bond acceptors (Lipinski definition) is 6. The van der Waals surface area contributed by atoms with E-state index in [0.29, 0.717) is 0 Å². The van der Waals surface area contributed by atoms with Crippen LogP contribution in [-0.2, 0) is 23.8 Å². The van der Waals surface area contributed by atoms with Crippen LogP contribution in [0.5, 0.6) is 0 Å². The molecular weight excluding hydrogens is 218 g/mol. The first-order valence-corrected chi connectivity index (χ1v) is 4.34. The molecule has 0 aromatic carbocycles. The largest absolute Gasteiger partial charge is 0.466 e. The van der Waals surface area contributed by atoms with Crippen molar-refractivity contribution < 1.29 is 28.6 Å². The maximum absolute atomic E-state index is 10.9. The van der Waals surface area contributed by atoms with Crippen molar-refractivity contribution in [2.24, 2.45) is 0 Å². The first-order valence-electron chi connectivity index (χ1n) is 4.34. The molecule has 0 bridgehead atoms. The second kappa shape index (κ2) is 8.27. The van der Waals surface area contributed by atoms with Gasteiger partial charge in [-0.3, -0.25) is 0 Å². The Labute approximate surface area is 92.3 Å². The van der Waals surface area contributed by atoms with Crippen LogP contribution in [0.2, 0.25) is 0 Å². The number of ether oxygens (including phenoxy) is 3. The zero-order valence-electron chi connectivity index (χ0n) is 9.02. The van der Waals surface area contributed by atoms with Gasteiger partial charge in [0.05, 0.1) is 20.8 Å². The molecule has 0 aliphatic heterocycles. The molecule has 0 aliphatic rings. The predicted octanol–water partition coefficient (Wildman–Crippen LogP) is -0.385. The lowest BCUT2D eigenvalue weighted by atomic mass is 10.5. The quantitative estimate of drug-likeness (QED) is 0.300. The minimum atomic E-state index is -0.697. The van der Waals surface area contributed by atoms with Crippen molar-refractivity contribution in [1.82, 2.24) is 5.32 Å². The molecule has 0 atom stereocenters. The van der Waals surface area contributed by atoms with Gasteiger partial charge in [-0.2, -0.15) is 0 Å². The van der Waals surface area contributed by atoms with E-state index < -0.39 is 18.0 Å². The fourth-order valence-corrected chi connectivity index (χ4v) is 0.629. The number of carbonyl (C=O) groups is 3. The van der Waals surface area contributed by atoms with Gasteiger partial charge in [0.2, 0.25) is 0 Å². The lowest BCUT2D eigenvalue weighted by molar-refractivity contribution is -0.139. The van der Waals surface area contributed by atoms with E-state index in [4.69, 9.17) is 0 Å². The van der Waals surface area contributed by atoms with Crippen molar-refractivity contribution in [1.29, 1.82) is 0 Å². The number of nitrogens with one attached hydrogen (secondary N) is 1. The van der Waals surface area contributed by atoms with Crippen LogP contribution in [0, 0.1) is 0 Å². The summed E-state index contributed by atoms with van der Waals surface area (Å²) in [5, 5.41) is 2.31. The highest BCUT2D eigenvalue weighted by atomic mass is 16.5. The van der Waals surface area contributed by atoms with E-state index in [9.17, 15) is 14.4 Å². The Bertz CT molecular complexity index is 286. The molecule has 0 radical (unpaired) electrons. The van der Waals surface area contributed by atoms with Crippen molar-refractivity contribution in [3.63, 3.8) is 0 Å². The zero-order valence-corrected chi connectivity index (χ0v) is 9.02. The number of methoxy groups -OCH3 is 2. The molecule has 1 amide bonds. The highest BCUT2D eigenvalue weighted by Crippen LogP contribution is 1.83. The van der Waals surface area contributed by atoms with Crippen LogP contribution in [0.1, 0.15) is 0 Å². The van der Waals surface area contributed by atoms with E-state index in [0.717, 1.165) is 12.2 Å². The number of amides is 1. The van der Waals surface area contributed by atoms with E-state index in [2.05, 4.69) is 19.5 Å². The standard InChI is InChI=1S/C9H13NO6/c1-14-7(11)3-4-8(12)16-6-5-10-9(13)15-2/h3-4H,5-6H2,1-2H3,(H,10,13)/b4-3+. The van der Waals surface area contributed by atoms with Crippen LogP contribution in [0.15, 0.2) is 12.2 Å². The highest BCUT2D eigenvalue weighted by Gasteiger charge is 2.00. The summed E-state index contributed by atoms with van der Waals surface area (Å²) < 4.78 is 13.2. The molecule has 0 saturated carbocycles. The second-order valence-electron chi connectivity index (χ2n) is 2.44. The topological polar surface area (TPSA) is 90.9 Å². The lowest BCUT2D eigenvalue weighted by Crippen LogP contribution is -2.27. The molecule has 0 saturated heterocycles. The van der Waals surface area contributed by atoms with Gasteiger partial charge in [-0.05, 0) is 0 Å². The summed E-state index contributed by atoms with van der Waals surface area (Å²) in [6, 6.07) is 0. The summed E-state index contributed by atoms with van der Waals surface area (Å²) in [5.74, 6) is -1.35. The minimum absolute atomic E-state index is 0.0144. The van der Waals surface area contributed by atoms with Gasteiger partial charge in [0.25, 0.3) is 0 Å². The summed E-state index contributed by atoms with van der Waals surface area (Å²) in [4.78, 5) is 32.1. The number of esters is 2. The summed E-state index contributed by atoms with van der Waals surface area (Å²) in [7, 11) is 2.42. The van der Waals surface area contributed by atoms with Crippen LogP contribution >= 0.6 is 0 Å². The van der Waals surface area contributed by atoms with Crippen molar-refractivity contribution >= 4 is 18.0 Å². The molecule has 0 rings (SSSR count). The molecule has 0 aromatic heterocycles. The zero-order chi connectivity index (χ0) is 12.4. The molecule has 7 nitrogen and oxygen atoms in total. The fraction of sp³-hybridized carbons (Fsp3) is 0.444. The van der Waals surface area contributed by atoms with Crippen molar-refractivity contribution in [2.75, 3.05) is 27.4 Å². The SMILES string of the molecule is COC(=O)/C=C/C(=O)OCCNC(=O)OC. The maximum Gasteiger partial charge on any atom is 0.406 e. The maximum atomic E-state index is 10.9. The third kappa shape index (κ3) is 7.36. The van der Waals surface area contributed by atoms with Gasteiger partial charge < -0.3 is 19.5 Å². The summed E-state index contributed by atoms with van der Waals surface area (Å²) in [6.07, 6.45) is 1.26. The predicted molar refractivity (Wildman–Crippen MR) is 52.5 cm³/mol. The Hall–Kier alpha value is -2.05. The first kappa shape index (κ1) is 13.9. The van der Waals surface area contributed by atoms with E-state index in [1.54, 1.807) is 0 Å². The number of carbonyl (C=O) groups excluding carboxylic acids is 3. The number of alkyl carbamates (subject to hydrolysis) is 1. The number of hydrogen-bond donors (Lipinski definition) is 1. The monoisotopic (exact) mass is 231 g/mol. The third-order valence-corrected chi connectivity index (χ3v) is 1.36. The van der Waals surface area contributed by atoms with Crippen molar-refractivity contribution in [2.45, 2.75) is 0 Å². The molecular formula is C9H13NO6. The molecule has 0 aromatic rings. The summed E-state index contributed by atoms with van der Waals surface area (Å²) in [6.45, 7) is 0.115. The van der Waals surface area contributed by atoms with Gasteiger partial charge >= 0.3 is 18.0 Å². The van der Waals surface area contributed by atoms with E-state index in [1.165, 1.54) is 14.2 Å². The van der Waals surface area contributed by atoms with Crippen LogP contribution in [0.3, 0.4) is 0 Å². The molecule has 0 fully saturated rings. The van der Waals surface area contributed by atoms with Crippen molar-refractivity contribution in [3.05, 3.63) is 12.2 Å². The van der Waals surface area contributed by atoms with Gasteiger partial charge in [-0.15, -0.1) is 0 Å². The molecule has 1 N–H and O–H groups in total. The van der Waals surface area contributed by atoms with E-state index >= 15 is 0 Å². The average molecular weight is 231 g/mol. The summed E-state index contributed by atoms with van der Waals surface area (Å²) in [5.41, 5.74) is 0. The smallest absolute Gasteiger partial charge is 0.406 e. The Morgan fingerprint density at radius 2 is 1.69 bits per heavy atom. The van der Waals surface area contributed by atoms with Gasteiger partial charge in [-0.25, -0.2) is 14.4 Å². The van der Waals surface area contributed by atoms with Gasteiger partial charge in [0, 0.05) is 12.2 Å². The molecule has 0 heterocycles. The molecule has 0 spiro atoms. The van der Waals surface area contributed by atoms with Crippen molar-refractivity contribution in [3.8, 4) is 0 Å². The van der Waals surface area contributed by atoms with Crippen LogP contribution in [0.25, 0.3) is 0 Å². The van der Waals surface area contributed by atoms with Gasteiger partial charge in [0.15, 0.2) is 0 Å². The van der Waals surface area contributed by atoms with Crippen LogP contribution in [0.4, 0.5) is 4.79 Å².